The monoisotopic (exact) mass is 448 g/mol. The second-order valence-corrected chi connectivity index (χ2v) is 9.85. The highest BCUT2D eigenvalue weighted by atomic mass is 16.1. The highest BCUT2D eigenvalue weighted by Crippen LogP contribution is 2.38. The zero-order valence-corrected chi connectivity index (χ0v) is 19.3. The van der Waals surface area contributed by atoms with Gasteiger partial charge in [-0.3, -0.25) is 19.7 Å². The van der Waals surface area contributed by atoms with E-state index < -0.39 is 5.91 Å². The fraction of sp³-hybridized carbons (Fsp3) is 0.440. The van der Waals surface area contributed by atoms with Gasteiger partial charge in [0.05, 0.1) is 34.4 Å². The Morgan fingerprint density at radius 1 is 1.18 bits per heavy atom. The number of ketones is 1. The first-order valence-corrected chi connectivity index (χ1v) is 11.5. The molecule has 1 amide bonds. The molecule has 6 N–H and O–H groups in total. The Kier molecular flexibility index (Phi) is 6.35. The molecule has 0 saturated heterocycles. The molecule has 0 aliphatic heterocycles. The van der Waals surface area contributed by atoms with E-state index in [1.165, 1.54) is 19.3 Å². The number of allylic oxidation sites excluding steroid dienone is 1. The number of H-pyrrole nitrogens is 1. The second-order valence-electron chi connectivity index (χ2n) is 9.85. The van der Waals surface area contributed by atoms with Crippen molar-refractivity contribution < 1.29 is 9.59 Å². The number of nitrogens with one attached hydrogen (secondary N) is 2. The van der Waals surface area contributed by atoms with Gasteiger partial charge in [0.1, 0.15) is 0 Å². The molecule has 0 radical (unpaired) electrons. The Morgan fingerprint density at radius 2 is 1.94 bits per heavy atom. The van der Waals surface area contributed by atoms with Crippen molar-refractivity contribution in [3.05, 3.63) is 47.3 Å². The minimum Gasteiger partial charge on any atom is -0.398 e. The summed E-state index contributed by atoms with van der Waals surface area (Å²) in [5, 5.41) is 10.2. The summed E-state index contributed by atoms with van der Waals surface area (Å²) >= 11 is 0. The summed E-state index contributed by atoms with van der Waals surface area (Å²) in [7, 11) is 0. The maximum atomic E-state index is 13.1. The molecule has 8 heteroatoms. The third-order valence-electron chi connectivity index (χ3n) is 6.43. The van der Waals surface area contributed by atoms with Gasteiger partial charge in [-0.05, 0) is 42.9 Å². The number of carbonyl (C=O) groups is 2. The van der Waals surface area contributed by atoms with Gasteiger partial charge in [0.15, 0.2) is 5.78 Å². The Morgan fingerprint density at radius 3 is 2.61 bits per heavy atom. The zero-order valence-electron chi connectivity index (χ0n) is 19.3. The first-order valence-electron chi connectivity index (χ1n) is 11.5. The lowest BCUT2D eigenvalue weighted by atomic mass is 9.73. The van der Waals surface area contributed by atoms with Crippen LogP contribution in [0.2, 0.25) is 0 Å². The number of nitrogens with two attached hydrogens (primary N) is 2. The Labute approximate surface area is 193 Å². The van der Waals surface area contributed by atoms with E-state index in [2.05, 4.69) is 29.4 Å². The average molecular weight is 449 g/mol. The van der Waals surface area contributed by atoms with Gasteiger partial charge in [0.25, 0.3) is 5.91 Å². The quantitative estimate of drug-likeness (QED) is 0.510. The molecule has 0 atom stereocenters. The number of carbonyl (C=O) groups excluding carboxylic acids is 2. The fourth-order valence-corrected chi connectivity index (χ4v) is 4.79. The topological polar surface area (TPSA) is 139 Å². The summed E-state index contributed by atoms with van der Waals surface area (Å²) in [4.78, 5) is 30.0. The van der Waals surface area contributed by atoms with Crippen LogP contribution in [0.4, 0.5) is 11.4 Å². The second kappa shape index (κ2) is 9.21. The molecule has 2 aromatic rings. The van der Waals surface area contributed by atoms with Crippen molar-refractivity contribution >= 4 is 34.5 Å². The standard InChI is InChI=1S/C25H32N6O2/c1-25(2)11-20(22(21(32)12-25)23(26)15-13-28-29-14-15)31-17-8-9-18(24(27)33)19(10-17)30-16-6-4-3-5-7-16/h8-10,13-14,16,30H,3-7,11-12,26H2,1-2H3,(H2,27,33)(H,28,29)/b23-22+,31-20?. The SMILES string of the molecule is CC1(C)CC(=O)/C(=C(/N)c2cn[nH]c2)C(=Nc2ccc(C(N)=O)c(NC3CCCCC3)c2)C1. The lowest BCUT2D eigenvalue weighted by Gasteiger charge is -2.31. The number of anilines is 1. The number of hydrogen-bond donors (Lipinski definition) is 4. The number of primary amides is 1. The Hall–Kier alpha value is -3.42. The molecule has 2 aliphatic carbocycles. The van der Waals surface area contributed by atoms with Crippen LogP contribution in [0, 0.1) is 5.41 Å². The summed E-state index contributed by atoms with van der Waals surface area (Å²) < 4.78 is 0. The van der Waals surface area contributed by atoms with Crippen molar-refractivity contribution in [2.45, 2.75) is 64.8 Å². The highest BCUT2D eigenvalue weighted by molar-refractivity contribution is 6.29. The van der Waals surface area contributed by atoms with Gasteiger partial charge >= 0.3 is 0 Å². The summed E-state index contributed by atoms with van der Waals surface area (Å²) in [6, 6.07) is 5.61. The largest absolute Gasteiger partial charge is 0.398 e. The minimum absolute atomic E-state index is 0.0296. The van der Waals surface area contributed by atoms with E-state index in [9.17, 15) is 9.59 Å². The number of aliphatic imine (C=N–C) groups is 1. The molecule has 1 aromatic heterocycles. The number of hydrogen-bond acceptors (Lipinski definition) is 6. The molecule has 1 heterocycles. The van der Waals surface area contributed by atoms with Gasteiger partial charge in [-0.15, -0.1) is 0 Å². The van der Waals surface area contributed by atoms with E-state index in [-0.39, 0.29) is 11.2 Å². The first kappa shape index (κ1) is 22.8. The van der Waals surface area contributed by atoms with Crippen LogP contribution in [0.3, 0.4) is 0 Å². The Bertz CT molecular complexity index is 1110. The third kappa shape index (κ3) is 5.16. The van der Waals surface area contributed by atoms with Crippen molar-refractivity contribution in [2.75, 3.05) is 5.32 Å². The van der Waals surface area contributed by atoms with E-state index in [1.54, 1.807) is 24.5 Å². The van der Waals surface area contributed by atoms with E-state index >= 15 is 0 Å². The van der Waals surface area contributed by atoms with Gasteiger partial charge in [0, 0.05) is 29.9 Å². The summed E-state index contributed by atoms with van der Waals surface area (Å²) in [6.45, 7) is 4.11. The van der Waals surface area contributed by atoms with E-state index in [0.29, 0.717) is 58.4 Å². The van der Waals surface area contributed by atoms with Crippen LogP contribution in [-0.2, 0) is 4.79 Å². The predicted octanol–water partition coefficient (Wildman–Crippen LogP) is 4.08. The van der Waals surface area contributed by atoms with Crippen molar-refractivity contribution in [2.24, 2.45) is 21.9 Å². The smallest absolute Gasteiger partial charge is 0.250 e. The van der Waals surface area contributed by atoms with Crippen LogP contribution in [0.25, 0.3) is 5.70 Å². The number of benzene rings is 1. The average Bonchev–Trinajstić information content (AvgIpc) is 3.28. The summed E-state index contributed by atoms with van der Waals surface area (Å²) in [5.41, 5.74) is 15.7. The molecule has 2 aliphatic rings. The normalized spacial score (nSPS) is 21.8. The maximum absolute atomic E-state index is 13.1. The first-order chi connectivity index (χ1) is 15.7. The van der Waals surface area contributed by atoms with Crippen LogP contribution in [0.1, 0.15) is 74.7 Å². The number of rotatable bonds is 5. The molecule has 2 fully saturated rings. The number of aromatic nitrogens is 2. The van der Waals surface area contributed by atoms with Crippen LogP contribution < -0.4 is 16.8 Å². The molecular weight excluding hydrogens is 416 g/mol. The lowest BCUT2D eigenvalue weighted by molar-refractivity contribution is -0.117. The predicted molar refractivity (Wildman–Crippen MR) is 130 cm³/mol. The molecule has 8 nitrogen and oxygen atoms in total. The van der Waals surface area contributed by atoms with Crippen molar-refractivity contribution in [1.82, 2.24) is 10.2 Å². The highest BCUT2D eigenvalue weighted by Gasteiger charge is 2.36. The zero-order chi connectivity index (χ0) is 23.6. The molecule has 0 spiro atoms. The molecular formula is C25H32N6O2. The van der Waals surface area contributed by atoms with E-state index in [0.717, 1.165) is 12.8 Å². The molecule has 2 saturated carbocycles. The molecule has 0 bridgehead atoms. The van der Waals surface area contributed by atoms with Crippen molar-refractivity contribution in [3.8, 4) is 0 Å². The lowest BCUT2D eigenvalue weighted by Crippen LogP contribution is -2.33. The summed E-state index contributed by atoms with van der Waals surface area (Å²) in [6.07, 6.45) is 9.98. The maximum Gasteiger partial charge on any atom is 0.250 e. The van der Waals surface area contributed by atoms with Gasteiger partial charge in [-0.2, -0.15) is 5.10 Å². The number of Topliss-reactive ketones (excluding diaryl/α,β-unsaturated/α-hetero) is 1. The van der Waals surface area contributed by atoms with Crippen molar-refractivity contribution in [1.29, 1.82) is 0 Å². The van der Waals surface area contributed by atoms with Gasteiger partial charge < -0.3 is 16.8 Å². The molecule has 33 heavy (non-hydrogen) atoms. The van der Waals surface area contributed by atoms with E-state index in [1.807, 2.05) is 6.07 Å². The van der Waals surface area contributed by atoms with Gasteiger partial charge in [-0.1, -0.05) is 33.1 Å². The number of nitrogens with zero attached hydrogens (tertiary/aromatic N) is 2. The number of amides is 1. The molecule has 4 rings (SSSR count). The van der Waals surface area contributed by atoms with Crippen LogP contribution in [-0.4, -0.2) is 33.6 Å². The van der Waals surface area contributed by atoms with Crippen LogP contribution >= 0.6 is 0 Å². The van der Waals surface area contributed by atoms with Gasteiger partial charge in [0.2, 0.25) is 0 Å². The van der Waals surface area contributed by atoms with Crippen LogP contribution in [0.5, 0.6) is 0 Å². The van der Waals surface area contributed by atoms with Crippen molar-refractivity contribution in [3.63, 3.8) is 0 Å². The van der Waals surface area contributed by atoms with Crippen LogP contribution in [0.15, 0.2) is 41.2 Å². The Balaban J connectivity index is 1.75. The summed E-state index contributed by atoms with van der Waals surface area (Å²) in [5.74, 6) is -0.510. The number of aromatic amines is 1. The molecule has 1 aromatic carbocycles. The fourth-order valence-electron chi connectivity index (χ4n) is 4.79. The van der Waals surface area contributed by atoms with E-state index in [4.69, 9.17) is 16.5 Å². The third-order valence-corrected chi connectivity index (χ3v) is 6.43. The molecule has 174 valence electrons. The molecule has 0 unspecified atom stereocenters. The minimum atomic E-state index is -0.480. The van der Waals surface area contributed by atoms with Gasteiger partial charge in [-0.25, -0.2) is 0 Å².